The summed E-state index contributed by atoms with van der Waals surface area (Å²) in [4.78, 5) is 0. The topological polar surface area (TPSA) is 21.3 Å². The molecular formula is C17H28ClNO. The number of nitrogens with one attached hydrogen (secondary N) is 1. The van der Waals surface area contributed by atoms with Gasteiger partial charge in [-0.05, 0) is 61.4 Å². The number of hydrogen-bond acceptors (Lipinski definition) is 2. The molecule has 114 valence electrons. The van der Waals surface area contributed by atoms with Gasteiger partial charge in [0.15, 0.2) is 0 Å². The molecule has 0 amide bonds. The first-order chi connectivity index (χ1) is 9.05. The largest absolute Gasteiger partial charge is 0.494 e. The fourth-order valence-electron chi connectivity index (χ4n) is 2.57. The summed E-state index contributed by atoms with van der Waals surface area (Å²) in [5.74, 6) is 1.80. The molecule has 1 saturated heterocycles. The van der Waals surface area contributed by atoms with Gasteiger partial charge in [-0.25, -0.2) is 0 Å². The van der Waals surface area contributed by atoms with Gasteiger partial charge < -0.3 is 10.1 Å². The third-order valence-electron chi connectivity index (χ3n) is 3.89. The standard InChI is InChI=1S/C17H27NO.ClH/c1-17(2,3)15-7-4-8-16(12-15)19-11-9-14-6-5-10-18-13-14;/h4,7-8,12,14,18H,5-6,9-11,13H2,1-3H3;1H. The second kappa shape index (κ2) is 7.90. The molecule has 1 aliphatic rings. The van der Waals surface area contributed by atoms with Crippen LogP contribution in [0, 0.1) is 5.92 Å². The molecule has 1 fully saturated rings. The van der Waals surface area contributed by atoms with Crippen molar-refractivity contribution in [3.05, 3.63) is 29.8 Å². The predicted octanol–water partition coefficient (Wildman–Crippen LogP) is 4.17. The van der Waals surface area contributed by atoms with Crippen LogP contribution in [0.5, 0.6) is 5.75 Å². The number of rotatable bonds is 4. The van der Waals surface area contributed by atoms with E-state index >= 15 is 0 Å². The SMILES string of the molecule is CC(C)(C)c1cccc(OCCC2CCCNC2)c1.Cl. The molecule has 0 aliphatic carbocycles. The van der Waals surface area contributed by atoms with Crippen LogP contribution in [0.4, 0.5) is 0 Å². The van der Waals surface area contributed by atoms with Gasteiger partial charge in [0.25, 0.3) is 0 Å². The summed E-state index contributed by atoms with van der Waals surface area (Å²) in [5.41, 5.74) is 1.52. The molecule has 0 radical (unpaired) electrons. The first-order valence-corrected chi connectivity index (χ1v) is 7.50. The van der Waals surface area contributed by atoms with Crippen molar-refractivity contribution in [2.45, 2.75) is 45.4 Å². The van der Waals surface area contributed by atoms with Crippen molar-refractivity contribution in [2.75, 3.05) is 19.7 Å². The highest BCUT2D eigenvalue weighted by atomic mass is 35.5. The zero-order valence-corrected chi connectivity index (χ0v) is 13.8. The van der Waals surface area contributed by atoms with E-state index in [-0.39, 0.29) is 17.8 Å². The van der Waals surface area contributed by atoms with Gasteiger partial charge in [-0.1, -0.05) is 32.9 Å². The lowest BCUT2D eigenvalue weighted by atomic mass is 9.87. The molecule has 1 aliphatic heterocycles. The first-order valence-electron chi connectivity index (χ1n) is 7.50. The normalized spacial score (nSPS) is 19.2. The zero-order chi connectivity index (χ0) is 13.7. The van der Waals surface area contributed by atoms with E-state index in [1.807, 2.05) is 0 Å². The van der Waals surface area contributed by atoms with Crippen molar-refractivity contribution in [3.63, 3.8) is 0 Å². The Morgan fingerprint density at radius 2 is 2.10 bits per heavy atom. The maximum Gasteiger partial charge on any atom is 0.119 e. The Balaban J connectivity index is 0.00000200. The number of hydrogen-bond donors (Lipinski definition) is 1. The number of benzene rings is 1. The monoisotopic (exact) mass is 297 g/mol. The Morgan fingerprint density at radius 3 is 2.75 bits per heavy atom. The van der Waals surface area contributed by atoms with E-state index in [9.17, 15) is 0 Å². The van der Waals surface area contributed by atoms with Gasteiger partial charge in [-0.2, -0.15) is 0 Å². The molecule has 0 saturated carbocycles. The van der Waals surface area contributed by atoms with Gasteiger partial charge in [-0.3, -0.25) is 0 Å². The number of ether oxygens (including phenoxy) is 1. The van der Waals surface area contributed by atoms with Gasteiger partial charge >= 0.3 is 0 Å². The average molecular weight is 298 g/mol. The van der Waals surface area contributed by atoms with Crippen LogP contribution in [-0.2, 0) is 5.41 Å². The van der Waals surface area contributed by atoms with Crippen LogP contribution in [0.1, 0.15) is 45.6 Å². The smallest absolute Gasteiger partial charge is 0.119 e. The molecule has 1 heterocycles. The summed E-state index contributed by atoms with van der Waals surface area (Å²) < 4.78 is 5.92. The maximum absolute atomic E-state index is 5.92. The quantitative estimate of drug-likeness (QED) is 0.900. The fourth-order valence-corrected chi connectivity index (χ4v) is 2.57. The van der Waals surface area contributed by atoms with Crippen molar-refractivity contribution in [3.8, 4) is 5.75 Å². The number of halogens is 1. The van der Waals surface area contributed by atoms with Crippen LogP contribution in [-0.4, -0.2) is 19.7 Å². The fraction of sp³-hybridized carbons (Fsp3) is 0.647. The lowest BCUT2D eigenvalue weighted by Crippen LogP contribution is -2.30. The third kappa shape index (κ3) is 5.34. The van der Waals surface area contributed by atoms with Crippen LogP contribution in [0.3, 0.4) is 0 Å². The Morgan fingerprint density at radius 1 is 1.30 bits per heavy atom. The second-order valence-electron chi connectivity index (χ2n) is 6.63. The van der Waals surface area contributed by atoms with Gasteiger partial charge in [-0.15, -0.1) is 12.4 Å². The van der Waals surface area contributed by atoms with Crippen molar-refractivity contribution >= 4 is 12.4 Å². The minimum Gasteiger partial charge on any atom is -0.494 e. The molecule has 0 bridgehead atoms. The molecule has 1 unspecified atom stereocenters. The van der Waals surface area contributed by atoms with E-state index in [1.54, 1.807) is 0 Å². The summed E-state index contributed by atoms with van der Waals surface area (Å²) in [5, 5.41) is 3.46. The maximum atomic E-state index is 5.92. The highest BCUT2D eigenvalue weighted by Crippen LogP contribution is 2.26. The second-order valence-corrected chi connectivity index (χ2v) is 6.63. The summed E-state index contributed by atoms with van der Waals surface area (Å²) >= 11 is 0. The van der Waals surface area contributed by atoms with Gasteiger partial charge in [0.1, 0.15) is 5.75 Å². The van der Waals surface area contributed by atoms with Crippen molar-refractivity contribution in [2.24, 2.45) is 5.92 Å². The predicted molar refractivity (Wildman–Crippen MR) is 88.1 cm³/mol. The number of piperidine rings is 1. The first kappa shape index (κ1) is 17.3. The van der Waals surface area contributed by atoms with E-state index in [0.717, 1.165) is 31.2 Å². The minimum atomic E-state index is 0. The van der Waals surface area contributed by atoms with E-state index in [1.165, 1.54) is 24.9 Å². The average Bonchev–Trinajstić information content (AvgIpc) is 2.39. The molecule has 20 heavy (non-hydrogen) atoms. The van der Waals surface area contributed by atoms with E-state index in [0.29, 0.717) is 0 Å². The van der Waals surface area contributed by atoms with Gasteiger partial charge in [0.2, 0.25) is 0 Å². The van der Waals surface area contributed by atoms with Crippen molar-refractivity contribution in [1.82, 2.24) is 5.32 Å². The van der Waals surface area contributed by atoms with Crippen LogP contribution >= 0.6 is 12.4 Å². The molecule has 1 N–H and O–H groups in total. The Hall–Kier alpha value is -0.730. The zero-order valence-electron chi connectivity index (χ0n) is 12.9. The van der Waals surface area contributed by atoms with E-state index < -0.39 is 0 Å². The van der Waals surface area contributed by atoms with Crippen LogP contribution in [0.15, 0.2) is 24.3 Å². The Bertz CT molecular complexity index is 394. The van der Waals surface area contributed by atoms with E-state index in [4.69, 9.17) is 4.74 Å². The highest BCUT2D eigenvalue weighted by Gasteiger charge is 2.15. The van der Waals surface area contributed by atoms with Gasteiger partial charge in [0.05, 0.1) is 6.61 Å². The Kier molecular flexibility index (Phi) is 6.84. The third-order valence-corrected chi connectivity index (χ3v) is 3.89. The molecule has 0 aromatic heterocycles. The summed E-state index contributed by atoms with van der Waals surface area (Å²) in [6.07, 6.45) is 3.81. The molecular weight excluding hydrogens is 270 g/mol. The van der Waals surface area contributed by atoms with Crippen LogP contribution in [0.2, 0.25) is 0 Å². The Labute approximate surface area is 129 Å². The molecule has 1 aromatic rings. The van der Waals surface area contributed by atoms with Gasteiger partial charge in [0, 0.05) is 0 Å². The van der Waals surface area contributed by atoms with Crippen molar-refractivity contribution in [1.29, 1.82) is 0 Å². The van der Waals surface area contributed by atoms with Crippen LogP contribution in [0.25, 0.3) is 0 Å². The minimum absolute atomic E-state index is 0. The molecule has 2 nitrogen and oxygen atoms in total. The van der Waals surface area contributed by atoms with Crippen LogP contribution < -0.4 is 10.1 Å². The molecule has 3 heteroatoms. The molecule has 1 atom stereocenters. The highest BCUT2D eigenvalue weighted by molar-refractivity contribution is 5.85. The lowest BCUT2D eigenvalue weighted by Gasteiger charge is -2.23. The molecule has 2 rings (SSSR count). The summed E-state index contributed by atoms with van der Waals surface area (Å²) in [6.45, 7) is 9.88. The summed E-state index contributed by atoms with van der Waals surface area (Å²) in [6, 6.07) is 8.52. The summed E-state index contributed by atoms with van der Waals surface area (Å²) in [7, 11) is 0. The lowest BCUT2D eigenvalue weighted by molar-refractivity contribution is 0.253. The molecule has 0 spiro atoms. The molecule has 1 aromatic carbocycles. The van der Waals surface area contributed by atoms with E-state index in [2.05, 4.69) is 50.4 Å². The van der Waals surface area contributed by atoms with Crippen molar-refractivity contribution < 1.29 is 4.74 Å².